The lowest BCUT2D eigenvalue weighted by Gasteiger charge is -2.12. The standard InChI is InChI=1S/C16H18N4O2S/c1-9(2)20-14-12(8-18-20)7-13(10(3)19-14)16(21)22-11(4)15-17-5-6-23-15/h5-9,11H,1-4H3/t11-/m1/s1. The molecule has 0 spiro atoms. The molecule has 1 atom stereocenters. The first kappa shape index (κ1) is 15.6. The summed E-state index contributed by atoms with van der Waals surface area (Å²) < 4.78 is 7.35. The van der Waals surface area contributed by atoms with E-state index in [9.17, 15) is 4.79 Å². The lowest BCUT2D eigenvalue weighted by atomic mass is 10.1. The third kappa shape index (κ3) is 2.96. The van der Waals surface area contributed by atoms with Gasteiger partial charge in [-0.2, -0.15) is 5.10 Å². The molecule has 3 aromatic heterocycles. The molecule has 3 rings (SSSR count). The molecule has 0 aliphatic rings. The van der Waals surface area contributed by atoms with E-state index in [0.717, 1.165) is 16.0 Å². The maximum Gasteiger partial charge on any atom is 0.340 e. The molecule has 0 aromatic carbocycles. The van der Waals surface area contributed by atoms with Crippen LogP contribution in [0.4, 0.5) is 0 Å². The third-order valence-corrected chi connectivity index (χ3v) is 4.49. The summed E-state index contributed by atoms with van der Waals surface area (Å²) >= 11 is 1.46. The van der Waals surface area contributed by atoms with Crippen molar-refractivity contribution in [1.29, 1.82) is 0 Å². The number of esters is 1. The van der Waals surface area contributed by atoms with Crippen molar-refractivity contribution in [3.63, 3.8) is 0 Å². The van der Waals surface area contributed by atoms with Gasteiger partial charge in [-0.3, -0.25) is 0 Å². The molecule has 3 heterocycles. The molecule has 0 radical (unpaired) electrons. The Hall–Kier alpha value is -2.28. The molecule has 0 aliphatic carbocycles. The topological polar surface area (TPSA) is 69.9 Å². The van der Waals surface area contributed by atoms with Crippen LogP contribution in [0.25, 0.3) is 11.0 Å². The van der Waals surface area contributed by atoms with Crippen LogP contribution in [0.3, 0.4) is 0 Å². The number of thiazole rings is 1. The number of carbonyl (C=O) groups is 1. The summed E-state index contributed by atoms with van der Waals surface area (Å²) in [6.45, 7) is 7.71. The molecule has 0 bridgehead atoms. The molecule has 7 heteroatoms. The largest absolute Gasteiger partial charge is 0.452 e. The fourth-order valence-electron chi connectivity index (χ4n) is 2.36. The maximum absolute atomic E-state index is 12.4. The number of hydrogen-bond acceptors (Lipinski definition) is 6. The van der Waals surface area contributed by atoms with Crippen molar-refractivity contribution >= 4 is 28.3 Å². The summed E-state index contributed by atoms with van der Waals surface area (Å²) in [5, 5.41) is 7.80. The van der Waals surface area contributed by atoms with Crippen LogP contribution in [0.2, 0.25) is 0 Å². The Morgan fingerprint density at radius 2 is 2.13 bits per heavy atom. The molecule has 0 saturated carbocycles. The number of aryl methyl sites for hydroxylation is 1. The van der Waals surface area contributed by atoms with Crippen LogP contribution >= 0.6 is 11.3 Å². The van der Waals surface area contributed by atoms with E-state index in [1.807, 2.05) is 37.8 Å². The Labute approximate surface area is 138 Å². The zero-order valence-electron chi connectivity index (χ0n) is 13.5. The van der Waals surface area contributed by atoms with Crippen LogP contribution in [0.5, 0.6) is 0 Å². The molecule has 23 heavy (non-hydrogen) atoms. The van der Waals surface area contributed by atoms with Crippen molar-refractivity contribution in [2.24, 2.45) is 0 Å². The summed E-state index contributed by atoms with van der Waals surface area (Å²) in [7, 11) is 0. The predicted molar refractivity (Wildman–Crippen MR) is 88.6 cm³/mol. The smallest absolute Gasteiger partial charge is 0.340 e. The molecule has 120 valence electrons. The second-order valence-corrected chi connectivity index (χ2v) is 6.56. The second-order valence-electron chi connectivity index (χ2n) is 5.63. The first-order chi connectivity index (χ1) is 11.0. The minimum absolute atomic E-state index is 0.210. The van der Waals surface area contributed by atoms with E-state index in [4.69, 9.17) is 4.74 Å². The van der Waals surface area contributed by atoms with E-state index in [0.29, 0.717) is 11.3 Å². The highest BCUT2D eigenvalue weighted by Gasteiger charge is 2.20. The number of ether oxygens (including phenoxy) is 1. The number of carbonyl (C=O) groups excluding carboxylic acids is 1. The second kappa shape index (κ2) is 6.08. The number of hydrogen-bond donors (Lipinski definition) is 0. The summed E-state index contributed by atoms with van der Waals surface area (Å²) in [6, 6.07) is 2.00. The van der Waals surface area contributed by atoms with Gasteiger partial charge in [0.1, 0.15) is 5.01 Å². The lowest BCUT2D eigenvalue weighted by molar-refractivity contribution is 0.0336. The van der Waals surface area contributed by atoms with Crippen molar-refractivity contribution in [2.75, 3.05) is 0 Å². The van der Waals surface area contributed by atoms with Gasteiger partial charge in [0, 0.05) is 23.0 Å². The molecule has 0 amide bonds. The van der Waals surface area contributed by atoms with Crippen LogP contribution in [0.1, 0.15) is 54.0 Å². The van der Waals surface area contributed by atoms with Crippen molar-refractivity contribution in [1.82, 2.24) is 19.7 Å². The predicted octanol–water partition coefficient (Wildman–Crippen LogP) is 3.70. The van der Waals surface area contributed by atoms with Gasteiger partial charge in [-0.1, -0.05) is 0 Å². The van der Waals surface area contributed by atoms with Gasteiger partial charge in [-0.15, -0.1) is 11.3 Å². The minimum atomic E-state index is -0.392. The fourth-order valence-corrected chi connectivity index (χ4v) is 2.98. The third-order valence-electron chi connectivity index (χ3n) is 3.55. The van der Waals surface area contributed by atoms with Gasteiger partial charge in [0.05, 0.1) is 17.5 Å². The molecule has 0 aliphatic heterocycles. The Kier molecular flexibility index (Phi) is 4.12. The van der Waals surface area contributed by atoms with Crippen LogP contribution in [0, 0.1) is 6.92 Å². The molecule has 6 nitrogen and oxygen atoms in total. The van der Waals surface area contributed by atoms with Crippen LogP contribution in [0.15, 0.2) is 23.8 Å². The fraction of sp³-hybridized carbons (Fsp3) is 0.375. The van der Waals surface area contributed by atoms with Gasteiger partial charge >= 0.3 is 5.97 Å². The Balaban J connectivity index is 1.90. The SMILES string of the molecule is Cc1nc2c(cnn2C(C)C)cc1C(=O)O[C@H](C)c1nccs1. The van der Waals surface area contributed by atoms with E-state index in [-0.39, 0.29) is 12.1 Å². The van der Waals surface area contributed by atoms with Crippen LogP contribution in [-0.4, -0.2) is 25.7 Å². The highest BCUT2D eigenvalue weighted by atomic mass is 32.1. The molecule has 0 N–H and O–H groups in total. The summed E-state index contributed by atoms with van der Waals surface area (Å²) in [4.78, 5) is 21.1. The first-order valence-corrected chi connectivity index (χ1v) is 8.30. The number of fused-ring (bicyclic) bond motifs is 1. The number of pyridine rings is 1. The van der Waals surface area contributed by atoms with Gasteiger partial charge in [0.15, 0.2) is 11.8 Å². The number of aromatic nitrogens is 4. The van der Waals surface area contributed by atoms with E-state index in [1.165, 1.54) is 11.3 Å². The zero-order chi connectivity index (χ0) is 16.6. The number of nitrogens with zero attached hydrogens (tertiary/aromatic N) is 4. The van der Waals surface area contributed by atoms with E-state index < -0.39 is 5.97 Å². The Bertz CT molecular complexity index is 839. The first-order valence-electron chi connectivity index (χ1n) is 7.42. The minimum Gasteiger partial charge on any atom is -0.452 e. The zero-order valence-corrected chi connectivity index (χ0v) is 14.3. The highest BCUT2D eigenvalue weighted by Crippen LogP contribution is 2.23. The quantitative estimate of drug-likeness (QED) is 0.682. The van der Waals surface area contributed by atoms with Crippen molar-refractivity contribution in [2.45, 2.75) is 39.8 Å². The van der Waals surface area contributed by atoms with Gasteiger partial charge in [0.25, 0.3) is 0 Å². The average Bonchev–Trinajstić information content (AvgIpc) is 3.15. The summed E-state index contributed by atoms with van der Waals surface area (Å²) in [5.74, 6) is -0.392. The molecular formula is C16H18N4O2S. The normalized spacial score (nSPS) is 12.7. The van der Waals surface area contributed by atoms with E-state index in [1.54, 1.807) is 18.5 Å². The van der Waals surface area contributed by atoms with Gasteiger partial charge in [0.2, 0.25) is 0 Å². The van der Waals surface area contributed by atoms with Gasteiger partial charge < -0.3 is 4.74 Å². The van der Waals surface area contributed by atoms with E-state index >= 15 is 0 Å². The van der Waals surface area contributed by atoms with Crippen LogP contribution in [-0.2, 0) is 4.74 Å². The highest BCUT2D eigenvalue weighted by molar-refractivity contribution is 7.09. The summed E-state index contributed by atoms with van der Waals surface area (Å²) in [6.07, 6.45) is 3.04. The van der Waals surface area contributed by atoms with E-state index in [2.05, 4.69) is 15.1 Å². The molecule has 0 fully saturated rings. The molecular weight excluding hydrogens is 312 g/mol. The molecule has 0 saturated heterocycles. The molecule has 0 unspecified atom stereocenters. The maximum atomic E-state index is 12.4. The Morgan fingerprint density at radius 3 is 2.78 bits per heavy atom. The average molecular weight is 330 g/mol. The number of rotatable bonds is 4. The van der Waals surface area contributed by atoms with Gasteiger partial charge in [-0.25, -0.2) is 19.4 Å². The lowest BCUT2D eigenvalue weighted by Crippen LogP contribution is -2.12. The van der Waals surface area contributed by atoms with Crippen molar-refractivity contribution < 1.29 is 9.53 Å². The monoisotopic (exact) mass is 330 g/mol. The van der Waals surface area contributed by atoms with Gasteiger partial charge in [-0.05, 0) is 33.8 Å². The summed E-state index contributed by atoms with van der Waals surface area (Å²) in [5.41, 5.74) is 1.88. The van der Waals surface area contributed by atoms with Crippen molar-refractivity contribution in [3.05, 3.63) is 40.1 Å². The molecule has 3 aromatic rings. The van der Waals surface area contributed by atoms with Crippen molar-refractivity contribution in [3.8, 4) is 0 Å². The van der Waals surface area contributed by atoms with Crippen LogP contribution < -0.4 is 0 Å². The Morgan fingerprint density at radius 1 is 1.35 bits per heavy atom.